The fourth-order valence-corrected chi connectivity index (χ4v) is 12.4. The molecule has 17 nitrogen and oxygen atoms in total. The summed E-state index contributed by atoms with van der Waals surface area (Å²) in [6.45, 7) is 4.84. The molecule has 0 aliphatic rings. The highest BCUT2D eigenvalue weighted by atomic mass is 31.2. The quantitative estimate of drug-likeness (QED) is 0.0128. The number of rotatable bonds is 75. The molecule has 0 aromatic carbocycles. The first kappa shape index (κ1) is 94.8. The zero-order valence-corrected chi connectivity index (χ0v) is 64.3. The van der Waals surface area contributed by atoms with Crippen LogP contribution in [0.1, 0.15) is 362 Å². The first-order valence-corrected chi connectivity index (χ1v) is 42.5. The summed E-state index contributed by atoms with van der Waals surface area (Å²) in [5.41, 5.74) is 0. The normalized spacial score (nSPS) is 14.2. The van der Waals surface area contributed by atoms with Crippen LogP contribution in [-0.2, 0) is 65.4 Å². The van der Waals surface area contributed by atoms with Crippen molar-refractivity contribution in [2.45, 2.75) is 380 Å². The largest absolute Gasteiger partial charge is 0.472 e. The lowest BCUT2D eigenvalue weighted by Crippen LogP contribution is -2.30. The molecule has 0 radical (unpaired) electrons. The molecule has 0 saturated carbocycles. The number of hydrogen-bond donors (Lipinski definition) is 3. The second-order valence-electron chi connectivity index (χ2n) is 26.7. The Bertz CT molecular complexity index is 2100. The highest BCUT2D eigenvalue weighted by Gasteiger charge is 2.30. The van der Waals surface area contributed by atoms with Crippen molar-refractivity contribution < 1.29 is 80.2 Å². The third-order valence-corrected chi connectivity index (χ3v) is 18.9. The minimum atomic E-state index is -4.97. The Labute approximate surface area is 597 Å². The van der Waals surface area contributed by atoms with Crippen LogP contribution in [0, 0.1) is 0 Å². The van der Waals surface area contributed by atoms with Gasteiger partial charge in [0.25, 0.3) is 0 Å². The molecule has 0 heterocycles. The minimum absolute atomic E-state index is 0.0851. The fourth-order valence-electron chi connectivity index (χ4n) is 10.8. The van der Waals surface area contributed by atoms with Gasteiger partial charge >= 0.3 is 39.5 Å². The van der Waals surface area contributed by atoms with Crippen molar-refractivity contribution in [3.63, 3.8) is 0 Å². The highest BCUT2D eigenvalue weighted by Crippen LogP contribution is 2.45. The molecule has 3 N–H and O–H groups in total. The molecule has 572 valence electrons. The van der Waals surface area contributed by atoms with Gasteiger partial charge in [-0.2, -0.15) is 0 Å². The number of aliphatic hydroxyl groups excluding tert-OH is 1. The van der Waals surface area contributed by atoms with E-state index in [0.29, 0.717) is 25.7 Å². The van der Waals surface area contributed by atoms with E-state index in [1.54, 1.807) is 0 Å². The fraction of sp³-hybridized carbons (Fsp3) is 0.823. The van der Waals surface area contributed by atoms with E-state index in [1.165, 1.54) is 128 Å². The summed E-state index contributed by atoms with van der Waals surface area (Å²) < 4.78 is 68.5. The lowest BCUT2D eigenvalue weighted by Gasteiger charge is -2.21. The Morgan fingerprint density at radius 1 is 0.286 bits per heavy atom. The van der Waals surface area contributed by atoms with E-state index in [2.05, 4.69) is 88.5 Å². The van der Waals surface area contributed by atoms with Gasteiger partial charge < -0.3 is 33.8 Å². The van der Waals surface area contributed by atoms with Gasteiger partial charge in [0, 0.05) is 25.7 Å². The van der Waals surface area contributed by atoms with Gasteiger partial charge in [-0.3, -0.25) is 37.3 Å². The minimum Gasteiger partial charge on any atom is -0.462 e. The maximum atomic E-state index is 13.1. The molecule has 2 unspecified atom stereocenters. The molecule has 0 fully saturated rings. The van der Waals surface area contributed by atoms with E-state index < -0.39 is 97.5 Å². The predicted molar refractivity (Wildman–Crippen MR) is 400 cm³/mol. The van der Waals surface area contributed by atoms with Crippen LogP contribution in [0.3, 0.4) is 0 Å². The van der Waals surface area contributed by atoms with Gasteiger partial charge in [0.05, 0.1) is 26.4 Å². The number of phosphoric ester groups is 2. The number of esters is 4. The first-order chi connectivity index (χ1) is 47.7. The van der Waals surface area contributed by atoms with Gasteiger partial charge in [-0.1, -0.05) is 268 Å². The monoisotopic (exact) mass is 1430 g/mol. The van der Waals surface area contributed by atoms with Crippen LogP contribution in [0.15, 0.2) is 60.8 Å². The van der Waals surface area contributed by atoms with E-state index in [0.717, 1.165) is 154 Å². The number of ether oxygens (including phenoxy) is 4. The van der Waals surface area contributed by atoms with E-state index in [1.807, 2.05) is 0 Å². The number of aliphatic hydroxyl groups is 1. The van der Waals surface area contributed by atoms with Gasteiger partial charge in [0.1, 0.15) is 19.3 Å². The second-order valence-corrected chi connectivity index (χ2v) is 29.6. The van der Waals surface area contributed by atoms with Crippen molar-refractivity contribution in [3.8, 4) is 0 Å². The number of phosphoric acid groups is 2. The van der Waals surface area contributed by atoms with Crippen LogP contribution >= 0.6 is 15.6 Å². The van der Waals surface area contributed by atoms with Crippen molar-refractivity contribution in [1.29, 1.82) is 0 Å². The zero-order chi connectivity index (χ0) is 71.8. The molecule has 0 aromatic rings. The molecule has 0 saturated heterocycles. The lowest BCUT2D eigenvalue weighted by atomic mass is 10.1. The third-order valence-electron chi connectivity index (χ3n) is 17.0. The topological polar surface area (TPSA) is 237 Å². The second kappa shape index (κ2) is 72.1. The number of allylic oxidation sites excluding steroid dienone is 10. The standard InChI is InChI=1S/C79H144O17P2/c1-5-9-13-17-21-25-29-33-36-40-43-47-51-55-59-63-76(81)89-69-74(95-78(83)65-61-57-53-49-45-39-32-28-24-20-16-12-8-4)71-93-97(85,86)91-67-73(80)68-92-98(87,88)94-72-75(96-79(84)66-62-58-54-50-46-42-38-35-31-27-23-19-15-11-7-3)70-90-77(82)64-60-56-52-48-44-41-37-34-30-26-22-18-14-10-6-2/h26,28,30,32-38,73-75,80H,5-25,27,29,31,39-72H2,1-4H3,(H,85,86)(H,87,88)/b30-26-,32-28-,36-33-,37-34-,38-35-/t73-,74+,75+/m0/s1. The molecule has 0 bridgehead atoms. The Morgan fingerprint density at radius 3 is 0.776 bits per heavy atom. The van der Waals surface area contributed by atoms with Crippen LogP contribution < -0.4 is 0 Å². The first-order valence-electron chi connectivity index (χ1n) is 39.5. The number of carbonyl (C=O) groups excluding carboxylic acids is 4. The van der Waals surface area contributed by atoms with Crippen LogP contribution in [0.5, 0.6) is 0 Å². The molecule has 0 aliphatic carbocycles. The Hall–Kier alpha value is -3.24. The zero-order valence-electron chi connectivity index (χ0n) is 62.5. The average molecular weight is 1430 g/mol. The maximum Gasteiger partial charge on any atom is 0.472 e. The van der Waals surface area contributed by atoms with Crippen molar-refractivity contribution in [3.05, 3.63) is 60.8 Å². The van der Waals surface area contributed by atoms with E-state index in [9.17, 15) is 43.2 Å². The Balaban J connectivity index is 5.35. The van der Waals surface area contributed by atoms with Crippen LogP contribution in [0.25, 0.3) is 0 Å². The van der Waals surface area contributed by atoms with Crippen LogP contribution in [0.4, 0.5) is 0 Å². The van der Waals surface area contributed by atoms with Gasteiger partial charge in [-0.15, -0.1) is 0 Å². The summed E-state index contributed by atoms with van der Waals surface area (Å²) >= 11 is 0. The van der Waals surface area contributed by atoms with E-state index in [-0.39, 0.29) is 25.7 Å². The summed E-state index contributed by atoms with van der Waals surface area (Å²) in [6, 6.07) is 0. The molecule has 0 spiro atoms. The molecule has 0 aliphatic heterocycles. The summed E-state index contributed by atoms with van der Waals surface area (Å²) in [4.78, 5) is 72.9. The third kappa shape index (κ3) is 71.2. The predicted octanol–water partition coefficient (Wildman–Crippen LogP) is 22.7. The molecule has 0 amide bonds. The molecule has 0 aromatic heterocycles. The summed E-state index contributed by atoms with van der Waals surface area (Å²) in [6.07, 6.45) is 70.5. The number of unbranched alkanes of at least 4 members (excludes halogenated alkanes) is 40. The van der Waals surface area contributed by atoms with Gasteiger partial charge in [-0.25, -0.2) is 9.13 Å². The van der Waals surface area contributed by atoms with Crippen molar-refractivity contribution >= 4 is 39.5 Å². The molecule has 98 heavy (non-hydrogen) atoms. The molecular formula is C79H144O17P2. The van der Waals surface area contributed by atoms with E-state index >= 15 is 0 Å². The number of carbonyl (C=O) groups is 4. The Morgan fingerprint density at radius 2 is 0.500 bits per heavy atom. The van der Waals surface area contributed by atoms with Gasteiger partial charge in [-0.05, 0) is 128 Å². The van der Waals surface area contributed by atoms with Crippen LogP contribution in [0.2, 0.25) is 0 Å². The maximum absolute atomic E-state index is 13.1. The van der Waals surface area contributed by atoms with Gasteiger partial charge in [0.15, 0.2) is 12.2 Å². The molecular weight excluding hydrogens is 1280 g/mol. The summed E-state index contributed by atoms with van der Waals surface area (Å²) in [7, 11) is -9.95. The van der Waals surface area contributed by atoms with Gasteiger partial charge in [0.2, 0.25) is 0 Å². The lowest BCUT2D eigenvalue weighted by molar-refractivity contribution is -0.161. The van der Waals surface area contributed by atoms with Crippen molar-refractivity contribution in [1.82, 2.24) is 0 Å². The van der Waals surface area contributed by atoms with Crippen molar-refractivity contribution in [2.75, 3.05) is 39.6 Å². The average Bonchev–Trinajstić information content (AvgIpc) is 1.04. The summed E-state index contributed by atoms with van der Waals surface area (Å²) in [5.74, 6) is -2.19. The van der Waals surface area contributed by atoms with E-state index in [4.69, 9.17) is 37.0 Å². The van der Waals surface area contributed by atoms with Crippen LogP contribution in [-0.4, -0.2) is 96.7 Å². The van der Waals surface area contributed by atoms with Crippen molar-refractivity contribution in [2.24, 2.45) is 0 Å². The smallest absolute Gasteiger partial charge is 0.462 e. The Kier molecular flexibility index (Phi) is 69.7. The number of hydrogen-bond acceptors (Lipinski definition) is 15. The molecule has 0 rings (SSSR count). The highest BCUT2D eigenvalue weighted by molar-refractivity contribution is 7.47. The molecule has 5 atom stereocenters. The molecule has 19 heteroatoms. The SMILES string of the molecule is CCCCCC/C=C\C=C/CCCCCCCC(=O)OC[C@H](COP(=O)(O)OC[C@@H](O)COP(=O)(O)OC[C@@H](COC(=O)CCCCCCC/C=C\CCCCCCCC)OC(=O)CCCCCCC/C=C\CCCCCC)OC(=O)CCCCCCC/C=C\CCCCCCCC. The summed E-state index contributed by atoms with van der Waals surface area (Å²) in [5, 5.41) is 10.6.